The first-order valence-corrected chi connectivity index (χ1v) is 12.5. The van der Waals surface area contributed by atoms with Crippen molar-refractivity contribution in [1.82, 2.24) is 20.7 Å². The molecule has 1 unspecified atom stereocenters. The number of nitrogens with zero attached hydrogens (tertiary/aromatic N) is 4. The summed E-state index contributed by atoms with van der Waals surface area (Å²) in [5.41, 5.74) is 2.50. The van der Waals surface area contributed by atoms with Crippen LogP contribution in [0.15, 0.2) is 12.3 Å². The fourth-order valence-corrected chi connectivity index (χ4v) is 3.70. The molecule has 1 aromatic heterocycles. The van der Waals surface area contributed by atoms with Crippen molar-refractivity contribution < 1.29 is 14.3 Å². The number of carbonyl (C=O) groups excluding carboxylic acids is 2. The average molecular weight is 475 g/mol. The van der Waals surface area contributed by atoms with Crippen LogP contribution in [0.25, 0.3) is 0 Å². The fourth-order valence-electron chi connectivity index (χ4n) is 3.70. The Balaban J connectivity index is 0.00000281. The minimum atomic E-state index is -0.520. The summed E-state index contributed by atoms with van der Waals surface area (Å²) in [5, 5.41) is 13.6. The smallest absolute Gasteiger partial charge is 0.407 e. The molecule has 0 spiro atoms. The third-order valence-electron chi connectivity index (χ3n) is 5.27. The van der Waals surface area contributed by atoms with Crippen LogP contribution in [-0.2, 0) is 9.53 Å². The van der Waals surface area contributed by atoms with Gasteiger partial charge in [0.2, 0.25) is 11.7 Å². The Labute approximate surface area is 204 Å². The van der Waals surface area contributed by atoms with Crippen LogP contribution in [0.2, 0.25) is 0 Å². The Kier molecular flexibility index (Phi) is 12.9. The maximum absolute atomic E-state index is 12.8. The van der Waals surface area contributed by atoms with Gasteiger partial charge in [-0.05, 0) is 52.4 Å². The van der Waals surface area contributed by atoms with Crippen LogP contribution in [0.1, 0.15) is 92.3 Å². The third kappa shape index (κ3) is 11.3. The highest BCUT2D eigenvalue weighted by atomic mass is 16.6. The number of amides is 2. The van der Waals surface area contributed by atoms with Crippen LogP contribution in [0.5, 0.6) is 0 Å². The van der Waals surface area contributed by atoms with Crippen molar-refractivity contribution >= 4 is 17.8 Å². The lowest BCUT2D eigenvalue weighted by molar-refractivity contribution is -0.126. The summed E-state index contributed by atoms with van der Waals surface area (Å²) in [6.45, 7) is 12.6. The predicted octanol–water partition coefficient (Wildman–Crippen LogP) is 4.73. The van der Waals surface area contributed by atoms with Gasteiger partial charge < -0.3 is 10.1 Å². The average Bonchev–Trinajstić information content (AvgIpc) is 2.82. The van der Waals surface area contributed by atoms with Crippen molar-refractivity contribution in [3.63, 3.8) is 0 Å². The molecule has 1 aliphatic carbocycles. The SMILES string of the molecule is CC.CC(CCCNC(=O)OC(C)(C)C)CN(NC(=O)C1CCCCC1)c1ccnc(C#N)n1. The number of hydrazine groups is 1. The summed E-state index contributed by atoms with van der Waals surface area (Å²) in [5.74, 6) is 0.785. The molecule has 1 heterocycles. The minimum Gasteiger partial charge on any atom is -0.444 e. The fraction of sp³-hybridized carbons (Fsp3) is 0.720. The van der Waals surface area contributed by atoms with E-state index in [0.717, 1.165) is 38.5 Å². The van der Waals surface area contributed by atoms with Gasteiger partial charge in [0.05, 0.1) is 0 Å². The lowest BCUT2D eigenvalue weighted by atomic mass is 9.89. The Hall–Kier alpha value is -2.89. The zero-order valence-electron chi connectivity index (χ0n) is 21.7. The summed E-state index contributed by atoms with van der Waals surface area (Å²) in [4.78, 5) is 32.8. The molecule has 1 aromatic rings. The zero-order valence-corrected chi connectivity index (χ0v) is 21.7. The Bertz CT molecular complexity index is 797. The highest BCUT2D eigenvalue weighted by Gasteiger charge is 2.24. The topological polar surface area (TPSA) is 120 Å². The highest BCUT2D eigenvalue weighted by molar-refractivity contribution is 5.80. The van der Waals surface area contributed by atoms with Crippen molar-refractivity contribution in [2.24, 2.45) is 11.8 Å². The van der Waals surface area contributed by atoms with Gasteiger partial charge in [0.1, 0.15) is 11.7 Å². The van der Waals surface area contributed by atoms with Crippen LogP contribution >= 0.6 is 0 Å². The molecule has 0 radical (unpaired) electrons. The van der Waals surface area contributed by atoms with Crippen LogP contribution < -0.4 is 15.8 Å². The predicted molar refractivity (Wildman–Crippen MR) is 133 cm³/mol. The maximum Gasteiger partial charge on any atom is 0.407 e. The quantitative estimate of drug-likeness (QED) is 0.392. The number of nitrogens with one attached hydrogen (secondary N) is 2. The molecule has 0 saturated heterocycles. The second-order valence-corrected chi connectivity index (χ2v) is 9.45. The second kappa shape index (κ2) is 15.1. The third-order valence-corrected chi connectivity index (χ3v) is 5.27. The summed E-state index contributed by atoms with van der Waals surface area (Å²) in [7, 11) is 0. The monoisotopic (exact) mass is 474 g/mol. The number of hydrogen-bond acceptors (Lipinski definition) is 7. The molecule has 1 aliphatic rings. The second-order valence-electron chi connectivity index (χ2n) is 9.45. The first-order valence-electron chi connectivity index (χ1n) is 12.5. The first kappa shape index (κ1) is 29.1. The van der Waals surface area contributed by atoms with E-state index in [1.54, 1.807) is 11.1 Å². The van der Waals surface area contributed by atoms with Gasteiger partial charge in [-0.25, -0.2) is 9.78 Å². The zero-order chi connectivity index (χ0) is 25.6. The van der Waals surface area contributed by atoms with E-state index in [1.165, 1.54) is 12.6 Å². The number of aromatic nitrogens is 2. The van der Waals surface area contributed by atoms with Gasteiger partial charge in [0, 0.05) is 31.3 Å². The summed E-state index contributed by atoms with van der Waals surface area (Å²) >= 11 is 0. The Morgan fingerprint density at radius 1 is 1.26 bits per heavy atom. The van der Waals surface area contributed by atoms with Crippen LogP contribution in [-0.4, -0.2) is 40.7 Å². The molecule has 0 bridgehead atoms. The van der Waals surface area contributed by atoms with Gasteiger partial charge in [-0.2, -0.15) is 10.2 Å². The molecule has 1 saturated carbocycles. The van der Waals surface area contributed by atoms with E-state index in [4.69, 9.17) is 10.00 Å². The largest absolute Gasteiger partial charge is 0.444 e. The van der Waals surface area contributed by atoms with Crippen molar-refractivity contribution in [1.29, 1.82) is 5.26 Å². The molecule has 2 rings (SSSR count). The van der Waals surface area contributed by atoms with Gasteiger partial charge in [0.25, 0.3) is 0 Å². The lowest BCUT2D eigenvalue weighted by Crippen LogP contribution is -2.48. The van der Waals surface area contributed by atoms with Gasteiger partial charge in [-0.1, -0.05) is 40.0 Å². The molecule has 9 heteroatoms. The number of ether oxygens (including phenoxy) is 1. The van der Waals surface area contributed by atoms with E-state index in [-0.39, 0.29) is 23.6 Å². The van der Waals surface area contributed by atoms with Gasteiger partial charge in [-0.15, -0.1) is 0 Å². The number of anilines is 1. The standard InChI is InChI=1S/C23H36N6O3.C2H6/c1-17(9-8-13-26-22(31)32-23(2,3)4)16-29(20-12-14-25-19(15-24)27-20)28-21(30)18-10-6-5-7-11-18;1-2/h12,14,17-18H,5-11,13,16H2,1-4H3,(H,26,31)(H,28,30);1-2H3. The minimum absolute atomic E-state index is 0.000567. The van der Waals surface area contributed by atoms with Crippen LogP contribution in [0.3, 0.4) is 0 Å². The van der Waals surface area contributed by atoms with Gasteiger partial charge in [0.15, 0.2) is 5.82 Å². The highest BCUT2D eigenvalue weighted by Crippen LogP contribution is 2.24. The number of alkyl carbamates (subject to hydrolysis) is 1. The van der Waals surface area contributed by atoms with Gasteiger partial charge >= 0.3 is 6.09 Å². The van der Waals surface area contributed by atoms with E-state index in [9.17, 15) is 9.59 Å². The van der Waals surface area contributed by atoms with E-state index in [2.05, 4.69) is 27.6 Å². The Morgan fingerprint density at radius 2 is 1.94 bits per heavy atom. The van der Waals surface area contributed by atoms with E-state index < -0.39 is 11.7 Å². The molecule has 190 valence electrons. The van der Waals surface area contributed by atoms with Crippen molar-refractivity contribution in [2.75, 3.05) is 18.1 Å². The molecule has 0 aromatic carbocycles. The van der Waals surface area contributed by atoms with Crippen LogP contribution in [0.4, 0.5) is 10.6 Å². The van der Waals surface area contributed by atoms with Gasteiger partial charge in [-0.3, -0.25) is 15.2 Å². The Morgan fingerprint density at radius 3 is 2.56 bits per heavy atom. The van der Waals surface area contributed by atoms with Crippen molar-refractivity contribution in [3.05, 3.63) is 18.1 Å². The molecule has 1 fully saturated rings. The van der Waals surface area contributed by atoms with E-state index in [1.807, 2.05) is 40.7 Å². The summed E-state index contributed by atoms with van der Waals surface area (Å²) in [6, 6.07) is 3.64. The molecular weight excluding hydrogens is 432 g/mol. The van der Waals surface area contributed by atoms with Crippen molar-refractivity contribution in [3.8, 4) is 6.07 Å². The molecule has 1 atom stereocenters. The maximum atomic E-state index is 12.8. The molecule has 9 nitrogen and oxygen atoms in total. The van der Waals surface area contributed by atoms with E-state index in [0.29, 0.717) is 18.9 Å². The number of rotatable bonds is 9. The lowest BCUT2D eigenvalue weighted by Gasteiger charge is -2.30. The summed E-state index contributed by atoms with van der Waals surface area (Å²) < 4.78 is 5.24. The molecule has 34 heavy (non-hydrogen) atoms. The summed E-state index contributed by atoms with van der Waals surface area (Å²) in [6.07, 6.45) is 7.85. The van der Waals surface area contributed by atoms with Crippen molar-refractivity contribution in [2.45, 2.75) is 92.1 Å². The molecule has 0 aliphatic heterocycles. The molecule has 2 amide bonds. The van der Waals surface area contributed by atoms with E-state index >= 15 is 0 Å². The first-order chi connectivity index (χ1) is 16.2. The molecule has 2 N–H and O–H groups in total. The number of nitriles is 1. The van der Waals surface area contributed by atoms with Crippen LogP contribution in [0, 0.1) is 23.2 Å². The molecular formula is C25H42N6O3. The number of hydrogen-bond donors (Lipinski definition) is 2. The number of carbonyl (C=O) groups is 2. The normalized spacial score (nSPS) is 14.6.